The standard InChI is InChI=1S/C14H13ClN6O3S/c1-7-17-10-11(13(15)18-7)19-14(20-21-16)12(10)25(22,23)9-5-3-8(24-2)4-6-9/h3-6,19H,1-2H3,(H2,16,20). The van der Waals surface area contributed by atoms with Crippen molar-refractivity contribution in [1.82, 2.24) is 15.0 Å². The number of aryl methyl sites for hydroxylation is 1. The van der Waals surface area contributed by atoms with Crippen molar-refractivity contribution in [1.29, 1.82) is 0 Å². The highest BCUT2D eigenvalue weighted by atomic mass is 35.5. The first-order chi connectivity index (χ1) is 11.9. The predicted molar refractivity (Wildman–Crippen MR) is 90.8 cm³/mol. The second kappa shape index (κ2) is 6.30. The first-order valence-electron chi connectivity index (χ1n) is 6.94. The van der Waals surface area contributed by atoms with Gasteiger partial charge in [-0.3, -0.25) is 0 Å². The summed E-state index contributed by atoms with van der Waals surface area (Å²) in [6.07, 6.45) is 0. The molecule has 11 heteroatoms. The molecule has 0 amide bonds. The molecule has 1 aromatic carbocycles. The van der Waals surface area contributed by atoms with Crippen LogP contribution < -0.4 is 10.6 Å². The van der Waals surface area contributed by atoms with E-state index in [9.17, 15) is 8.42 Å². The molecule has 0 spiro atoms. The molecule has 0 unspecified atom stereocenters. The number of aromatic amines is 1. The van der Waals surface area contributed by atoms with Crippen LogP contribution in [0.15, 0.2) is 44.4 Å². The van der Waals surface area contributed by atoms with Gasteiger partial charge >= 0.3 is 0 Å². The molecule has 25 heavy (non-hydrogen) atoms. The number of nitrogens with two attached hydrogens (primary N) is 1. The molecule has 9 nitrogen and oxygen atoms in total. The zero-order valence-corrected chi connectivity index (χ0v) is 14.8. The van der Waals surface area contributed by atoms with E-state index in [4.69, 9.17) is 22.2 Å². The van der Waals surface area contributed by atoms with Crippen LogP contribution in [0.2, 0.25) is 5.15 Å². The van der Waals surface area contributed by atoms with E-state index in [0.29, 0.717) is 11.6 Å². The lowest BCUT2D eigenvalue weighted by atomic mass is 10.3. The number of methoxy groups -OCH3 is 1. The van der Waals surface area contributed by atoms with Crippen LogP contribution in [0.5, 0.6) is 5.75 Å². The summed E-state index contributed by atoms with van der Waals surface area (Å²) in [5.74, 6) is 5.87. The molecule has 0 aliphatic heterocycles. The van der Waals surface area contributed by atoms with Crippen molar-refractivity contribution >= 4 is 38.3 Å². The molecular formula is C14H13ClN6O3S. The maximum atomic E-state index is 13.1. The smallest absolute Gasteiger partial charge is 0.212 e. The lowest BCUT2D eigenvalue weighted by Crippen LogP contribution is -2.03. The monoisotopic (exact) mass is 380 g/mol. The summed E-state index contributed by atoms with van der Waals surface area (Å²) in [5.41, 5.74) is 0.359. The second-order valence-electron chi connectivity index (χ2n) is 4.98. The number of nitrogens with one attached hydrogen (secondary N) is 1. The number of halogens is 1. The molecule has 3 rings (SSSR count). The zero-order chi connectivity index (χ0) is 18.2. The maximum absolute atomic E-state index is 13.1. The molecular weight excluding hydrogens is 368 g/mol. The number of H-pyrrole nitrogens is 1. The Morgan fingerprint density at radius 2 is 1.92 bits per heavy atom. The van der Waals surface area contributed by atoms with Crippen LogP contribution in [0.3, 0.4) is 0 Å². The third kappa shape index (κ3) is 2.89. The second-order valence-corrected chi connectivity index (χ2v) is 7.23. The minimum absolute atomic E-state index is 0.0371. The van der Waals surface area contributed by atoms with E-state index in [2.05, 4.69) is 25.3 Å². The van der Waals surface area contributed by atoms with Gasteiger partial charge in [-0.15, -0.1) is 5.11 Å². The van der Waals surface area contributed by atoms with Gasteiger partial charge in [0.25, 0.3) is 0 Å². The Bertz CT molecular complexity index is 1080. The SMILES string of the molecule is COc1ccc(S(=O)(=O)c2c(N=NN)[nH]c3c(Cl)nc(C)nc23)cc1. The minimum Gasteiger partial charge on any atom is -0.497 e. The Kier molecular flexibility index (Phi) is 4.31. The van der Waals surface area contributed by atoms with Crippen LogP contribution >= 0.6 is 11.6 Å². The largest absolute Gasteiger partial charge is 0.497 e. The van der Waals surface area contributed by atoms with Gasteiger partial charge in [0.2, 0.25) is 9.84 Å². The van der Waals surface area contributed by atoms with Gasteiger partial charge in [-0.25, -0.2) is 18.4 Å². The average molecular weight is 381 g/mol. The van der Waals surface area contributed by atoms with Gasteiger partial charge in [0.05, 0.1) is 12.0 Å². The summed E-state index contributed by atoms with van der Waals surface area (Å²) in [6.45, 7) is 1.60. The Balaban J connectivity index is 2.33. The van der Waals surface area contributed by atoms with E-state index >= 15 is 0 Å². The van der Waals surface area contributed by atoms with E-state index in [-0.39, 0.29) is 31.8 Å². The van der Waals surface area contributed by atoms with Gasteiger partial charge in [-0.1, -0.05) is 16.8 Å². The van der Waals surface area contributed by atoms with Crippen molar-refractivity contribution in [3.05, 3.63) is 35.2 Å². The van der Waals surface area contributed by atoms with Crippen LogP contribution in [-0.2, 0) is 9.84 Å². The van der Waals surface area contributed by atoms with Crippen LogP contribution in [-0.4, -0.2) is 30.5 Å². The molecule has 0 aliphatic carbocycles. The van der Waals surface area contributed by atoms with Gasteiger partial charge in [-0.2, -0.15) is 0 Å². The maximum Gasteiger partial charge on any atom is 0.212 e. The van der Waals surface area contributed by atoms with Crippen molar-refractivity contribution in [2.45, 2.75) is 16.7 Å². The van der Waals surface area contributed by atoms with Crippen molar-refractivity contribution < 1.29 is 13.2 Å². The molecule has 3 N–H and O–H groups in total. The van der Waals surface area contributed by atoms with Crippen LogP contribution in [0, 0.1) is 6.92 Å². The van der Waals surface area contributed by atoms with Gasteiger partial charge in [0, 0.05) is 0 Å². The highest BCUT2D eigenvalue weighted by Crippen LogP contribution is 2.37. The topological polar surface area (TPSA) is 136 Å². The van der Waals surface area contributed by atoms with E-state index in [1.807, 2.05) is 0 Å². The number of hydrogen-bond acceptors (Lipinski definition) is 7. The van der Waals surface area contributed by atoms with E-state index in [0.717, 1.165) is 0 Å². The molecule has 130 valence electrons. The molecule has 2 heterocycles. The first kappa shape index (κ1) is 17.1. The number of ether oxygens (including phenoxy) is 1. The quantitative estimate of drug-likeness (QED) is 0.309. The fourth-order valence-corrected chi connectivity index (χ4v) is 4.09. The van der Waals surface area contributed by atoms with E-state index < -0.39 is 9.84 Å². The highest BCUT2D eigenvalue weighted by molar-refractivity contribution is 7.91. The number of hydrogen-bond donors (Lipinski definition) is 2. The fraction of sp³-hybridized carbons (Fsp3) is 0.143. The lowest BCUT2D eigenvalue weighted by molar-refractivity contribution is 0.414. The van der Waals surface area contributed by atoms with Crippen molar-refractivity contribution in [2.75, 3.05) is 7.11 Å². The number of aromatic nitrogens is 3. The molecule has 0 fully saturated rings. The summed E-state index contributed by atoms with van der Waals surface area (Å²) in [4.78, 5) is 10.8. The Morgan fingerprint density at radius 3 is 2.52 bits per heavy atom. The minimum atomic E-state index is -3.98. The summed E-state index contributed by atoms with van der Waals surface area (Å²) in [6, 6.07) is 5.93. The zero-order valence-electron chi connectivity index (χ0n) is 13.2. The Morgan fingerprint density at radius 1 is 1.24 bits per heavy atom. The number of benzene rings is 1. The first-order valence-corrected chi connectivity index (χ1v) is 8.80. The van der Waals surface area contributed by atoms with Crippen molar-refractivity contribution in [3.63, 3.8) is 0 Å². The van der Waals surface area contributed by atoms with Crippen molar-refractivity contribution in [2.24, 2.45) is 16.2 Å². The van der Waals surface area contributed by atoms with Crippen LogP contribution in [0.25, 0.3) is 11.0 Å². The molecule has 0 radical (unpaired) electrons. The normalized spacial score (nSPS) is 12.1. The van der Waals surface area contributed by atoms with Gasteiger partial charge in [-0.05, 0) is 31.2 Å². The Labute approximate surface area is 147 Å². The molecule has 0 saturated carbocycles. The predicted octanol–water partition coefficient (Wildman–Crippen LogP) is 2.72. The summed E-state index contributed by atoms with van der Waals surface area (Å²) in [5, 5.41) is 6.90. The number of nitrogens with zero attached hydrogens (tertiary/aromatic N) is 4. The van der Waals surface area contributed by atoms with E-state index in [1.165, 1.54) is 19.2 Å². The number of rotatable bonds is 4. The molecule has 0 bridgehead atoms. The van der Waals surface area contributed by atoms with Gasteiger partial charge in [0.15, 0.2) is 11.0 Å². The summed E-state index contributed by atoms with van der Waals surface area (Å²) in [7, 11) is -2.49. The Hall–Kier alpha value is -2.72. The molecule has 2 aromatic heterocycles. The summed E-state index contributed by atoms with van der Waals surface area (Å²) >= 11 is 6.09. The summed E-state index contributed by atoms with van der Waals surface area (Å²) < 4.78 is 31.3. The average Bonchev–Trinajstić information content (AvgIpc) is 2.94. The van der Waals surface area contributed by atoms with Gasteiger partial charge in [0.1, 0.15) is 27.5 Å². The highest BCUT2D eigenvalue weighted by Gasteiger charge is 2.29. The van der Waals surface area contributed by atoms with Gasteiger partial charge < -0.3 is 15.6 Å². The van der Waals surface area contributed by atoms with Crippen LogP contribution in [0.4, 0.5) is 5.82 Å². The van der Waals surface area contributed by atoms with Crippen molar-refractivity contribution in [3.8, 4) is 5.75 Å². The fourth-order valence-electron chi connectivity index (χ4n) is 2.36. The number of sulfone groups is 1. The molecule has 3 aromatic rings. The molecule has 0 atom stereocenters. The third-order valence-electron chi connectivity index (χ3n) is 3.45. The third-order valence-corrected chi connectivity index (χ3v) is 5.54. The lowest BCUT2D eigenvalue weighted by Gasteiger charge is -2.06. The van der Waals surface area contributed by atoms with Crippen LogP contribution in [0.1, 0.15) is 5.82 Å². The number of fused-ring (bicyclic) bond motifs is 1. The van der Waals surface area contributed by atoms with E-state index in [1.54, 1.807) is 19.1 Å². The molecule has 0 saturated heterocycles. The molecule has 0 aliphatic rings.